The van der Waals surface area contributed by atoms with Crippen molar-refractivity contribution in [3.8, 4) is 5.75 Å². The molecule has 1 aromatic heterocycles. The Morgan fingerprint density at radius 2 is 1.96 bits per heavy atom. The van der Waals surface area contributed by atoms with E-state index in [1.165, 1.54) is 16.6 Å². The predicted octanol–water partition coefficient (Wildman–Crippen LogP) is 4.11. The van der Waals surface area contributed by atoms with Crippen LogP contribution in [0.1, 0.15) is 57.8 Å². The van der Waals surface area contributed by atoms with E-state index in [0.29, 0.717) is 13.1 Å². The van der Waals surface area contributed by atoms with Crippen molar-refractivity contribution in [1.82, 2.24) is 15.2 Å². The van der Waals surface area contributed by atoms with Crippen LogP contribution in [-0.4, -0.2) is 48.3 Å². The maximum absolute atomic E-state index is 12.5. The fourth-order valence-corrected chi connectivity index (χ4v) is 4.63. The second-order valence-corrected chi connectivity index (χ2v) is 9.18. The van der Waals surface area contributed by atoms with E-state index >= 15 is 0 Å². The third-order valence-corrected chi connectivity index (χ3v) is 6.12. The number of nitrogens with one attached hydrogen (secondary N) is 2. The number of hydrogen-bond donors (Lipinski definition) is 2. The van der Waals surface area contributed by atoms with Gasteiger partial charge < -0.3 is 24.7 Å². The summed E-state index contributed by atoms with van der Waals surface area (Å²) in [5, 5.41) is 4.95. The lowest BCUT2D eigenvalue weighted by atomic mass is 9.69. The van der Waals surface area contributed by atoms with Crippen molar-refractivity contribution in [3.63, 3.8) is 0 Å². The molecule has 0 bridgehead atoms. The molecule has 1 spiro atoms. The highest BCUT2D eigenvalue weighted by Crippen LogP contribution is 2.46. The summed E-state index contributed by atoms with van der Waals surface area (Å²) in [7, 11) is 1.70. The molecule has 1 unspecified atom stereocenters. The third-order valence-electron chi connectivity index (χ3n) is 6.12. The number of aromatic amines is 1. The highest BCUT2D eigenvalue weighted by atomic mass is 16.6. The van der Waals surface area contributed by atoms with Gasteiger partial charge in [-0.25, -0.2) is 4.79 Å². The van der Waals surface area contributed by atoms with Gasteiger partial charge in [0.15, 0.2) is 0 Å². The van der Waals surface area contributed by atoms with Gasteiger partial charge in [-0.05, 0) is 58.2 Å². The first kappa shape index (κ1) is 19.1. The van der Waals surface area contributed by atoms with Crippen molar-refractivity contribution in [2.45, 2.75) is 57.6 Å². The number of aromatic nitrogens is 1. The molecule has 0 saturated carbocycles. The largest absolute Gasteiger partial charge is 0.497 e. The number of carbonyl (C=O) groups excluding carboxylic acids is 1. The Balaban J connectivity index is 1.64. The van der Waals surface area contributed by atoms with Crippen molar-refractivity contribution in [2.24, 2.45) is 0 Å². The van der Waals surface area contributed by atoms with E-state index in [2.05, 4.69) is 29.4 Å². The molecule has 2 N–H and O–H groups in total. The zero-order valence-corrected chi connectivity index (χ0v) is 17.5. The Morgan fingerprint density at radius 3 is 2.61 bits per heavy atom. The summed E-state index contributed by atoms with van der Waals surface area (Å²) >= 11 is 0. The number of nitrogens with zero attached hydrogens (tertiary/aromatic N) is 1. The lowest BCUT2D eigenvalue weighted by Gasteiger charge is -2.46. The van der Waals surface area contributed by atoms with Crippen molar-refractivity contribution in [1.29, 1.82) is 0 Å². The number of piperidine rings is 1. The van der Waals surface area contributed by atoms with Crippen molar-refractivity contribution < 1.29 is 14.3 Å². The van der Waals surface area contributed by atoms with Crippen LogP contribution in [0.2, 0.25) is 0 Å². The molecule has 2 aliphatic rings. The fourth-order valence-electron chi connectivity index (χ4n) is 4.63. The topological polar surface area (TPSA) is 66.6 Å². The zero-order valence-electron chi connectivity index (χ0n) is 17.5. The fraction of sp³-hybridized carbons (Fsp3) is 0.591. The number of carbonyl (C=O) groups is 1. The zero-order chi connectivity index (χ0) is 20.1. The van der Waals surface area contributed by atoms with E-state index in [1.54, 1.807) is 7.11 Å². The molecule has 28 heavy (non-hydrogen) atoms. The van der Waals surface area contributed by atoms with Crippen molar-refractivity contribution in [2.75, 3.05) is 26.7 Å². The van der Waals surface area contributed by atoms with Gasteiger partial charge in [0.25, 0.3) is 0 Å². The van der Waals surface area contributed by atoms with Crippen LogP contribution in [0.25, 0.3) is 10.9 Å². The van der Waals surface area contributed by atoms with Gasteiger partial charge in [0.1, 0.15) is 11.4 Å². The lowest BCUT2D eigenvalue weighted by molar-refractivity contribution is 0.0158. The third kappa shape index (κ3) is 3.24. The molecule has 4 rings (SSSR count). The molecule has 6 nitrogen and oxygen atoms in total. The average Bonchev–Trinajstić information content (AvgIpc) is 3.04. The molecule has 3 heterocycles. The van der Waals surface area contributed by atoms with Gasteiger partial charge in [0.05, 0.1) is 7.11 Å². The van der Waals surface area contributed by atoms with E-state index in [1.807, 2.05) is 31.7 Å². The lowest BCUT2D eigenvalue weighted by Crippen LogP contribution is -2.53. The first-order valence-corrected chi connectivity index (χ1v) is 10.1. The van der Waals surface area contributed by atoms with Gasteiger partial charge in [-0.3, -0.25) is 0 Å². The van der Waals surface area contributed by atoms with Crippen molar-refractivity contribution in [3.05, 3.63) is 29.5 Å². The summed E-state index contributed by atoms with van der Waals surface area (Å²) in [5.41, 5.74) is 3.37. The molecular weight excluding hydrogens is 354 g/mol. The molecular formula is C22H31N3O3. The van der Waals surface area contributed by atoms with Crippen LogP contribution in [-0.2, 0) is 10.2 Å². The predicted molar refractivity (Wildman–Crippen MR) is 110 cm³/mol. The number of amides is 1. The number of H-pyrrole nitrogens is 1. The first-order valence-electron chi connectivity index (χ1n) is 10.1. The minimum atomic E-state index is -0.461. The summed E-state index contributed by atoms with van der Waals surface area (Å²) in [6, 6.07) is 6.56. The van der Waals surface area contributed by atoms with Crippen LogP contribution >= 0.6 is 0 Å². The summed E-state index contributed by atoms with van der Waals surface area (Å²) < 4.78 is 11.0. The second kappa shape index (κ2) is 6.69. The number of ether oxygens (including phenoxy) is 2. The van der Waals surface area contributed by atoms with Crippen LogP contribution in [0.5, 0.6) is 5.75 Å². The van der Waals surface area contributed by atoms with Crippen LogP contribution in [0, 0.1) is 0 Å². The van der Waals surface area contributed by atoms with Crippen LogP contribution in [0.15, 0.2) is 18.2 Å². The standard InChI is InChI=1S/C22H31N3O3/c1-14-19-18(16-7-6-15(27-5)12-17(16)24-19)22(13-23-14)8-10-25(11-9-22)20(26)28-21(2,3)4/h6-7,12,14,23-24H,8-11,13H2,1-5H3. The van der Waals surface area contributed by atoms with E-state index in [9.17, 15) is 4.79 Å². The highest BCUT2D eigenvalue weighted by molar-refractivity contribution is 5.87. The number of hydrogen-bond acceptors (Lipinski definition) is 4. The van der Waals surface area contributed by atoms with Gasteiger partial charge in [-0.15, -0.1) is 0 Å². The highest BCUT2D eigenvalue weighted by Gasteiger charge is 2.44. The minimum absolute atomic E-state index is 0.0349. The van der Waals surface area contributed by atoms with Crippen molar-refractivity contribution >= 4 is 17.0 Å². The van der Waals surface area contributed by atoms with Gasteiger partial charge in [-0.2, -0.15) is 0 Å². The Hall–Kier alpha value is -2.21. The molecule has 1 atom stereocenters. The number of benzene rings is 1. The molecule has 0 radical (unpaired) electrons. The SMILES string of the molecule is COc1ccc2c3c([nH]c2c1)C(C)NCC31CCN(C(=O)OC(C)(C)C)CC1. The molecule has 1 amide bonds. The van der Waals surface area contributed by atoms with Gasteiger partial charge in [-0.1, -0.05) is 0 Å². The van der Waals surface area contributed by atoms with Crippen LogP contribution < -0.4 is 10.1 Å². The quantitative estimate of drug-likeness (QED) is 0.775. The molecule has 1 aromatic carbocycles. The Morgan fingerprint density at radius 1 is 1.25 bits per heavy atom. The first-order chi connectivity index (χ1) is 13.2. The second-order valence-electron chi connectivity index (χ2n) is 9.18. The van der Waals surface area contributed by atoms with E-state index in [4.69, 9.17) is 9.47 Å². The molecule has 6 heteroatoms. The number of likely N-dealkylation sites (tertiary alicyclic amines) is 1. The molecule has 1 fully saturated rings. The molecule has 2 aromatic rings. The smallest absolute Gasteiger partial charge is 0.410 e. The molecule has 1 saturated heterocycles. The van der Waals surface area contributed by atoms with Gasteiger partial charge in [0, 0.05) is 53.8 Å². The number of rotatable bonds is 1. The Labute approximate surface area is 166 Å². The van der Waals surface area contributed by atoms with E-state index < -0.39 is 5.60 Å². The molecule has 2 aliphatic heterocycles. The summed E-state index contributed by atoms with van der Waals surface area (Å²) in [6.07, 6.45) is 1.65. The van der Waals surface area contributed by atoms with E-state index in [-0.39, 0.29) is 17.6 Å². The average molecular weight is 386 g/mol. The molecule has 0 aliphatic carbocycles. The normalized spacial score (nSPS) is 21.6. The maximum atomic E-state index is 12.5. The van der Waals surface area contributed by atoms with Gasteiger partial charge in [0.2, 0.25) is 0 Å². The number of fused-ring (bicyclic) bond motifs is 4. The Kier molecular flexibility index (Phi) is 4.57. The Bertz CT molecular complexity index is 888. The van der Waals surface area contributed by atoms with Crippen LogP contribution in [0.3, 0.4) is 0 Å². The number of methoxy groups -OCH3 is 1. The summed E-state index contributed by atoms with van der Waals surface area (Å²) in [4.78, 5) is 18.0. The van der Waals surface area contributed by atoms with Gasteiger partial charge >= 0.3 is 6.09 Å². The summed E-state index contributed by atoms with van der Waals surface area (Å²) in [6.45, 7) is 10.3. The monoisotopic (exact) mass is 385 g/mol. The summed E-state index contributed by atoms with van der Waals surface area (Å²) in [5.74, 6) is 0.862. The minimum Gasteiger partial charge on any atom is -0.497 e. The van der Waals surface area contributed by atoms with Crippen LogP contribution in [0.4, 0.5) is 4.79 Å². The van der Waals surface area contributed by atoms with E-state index in [0.717, 1.165) is 30.7 Å². The molecule has 152 valence electrons. The maximum Gasteiger partial charge on any atom is 0.410 e.